The number of non-ortho nitro benzene ring substituents is 1. The molecule has 20 heavy (non-hydrogen) atoms. The van der Waals surface area contributed by atoms with Crippen molar-refractivity contribution in [3.63, 3.8) is 0 Å². The van der Waals surface area contributed by atoms with Gasteiger partial charge >= 0.3 is 0 Å². The van der Waals surface area contributed by atoms with E-state index in [9.17, 15) is 20.0 Å². The monoisotopic (exact) mass is 293 g/mol. The first-order chi connectivity index (χ1) is 9.49. The van der Waals surface area contributed by atoms with Crippen molar-refractivity contribution in [2.45, 2.75) is 13.0 Å². The first-order valence-corrected chi connectivity index (χ1v) is 6.54. The second-order valence-electron chi connectivity index (χ2n) is 4.02. The topological polar surface area (TPSA) is 105 Å². The van der Waals surface area contributed by atoms with Crippen LogP contribution in [0, 0.1) is 10.1 Å². The van der Waals surface area contributed by atoms with Gasteiger partial charge < -0.3 is 10.4 Å². The van der Waals surface area contributed by atoms with Crippen LogP contribution in [0.5, 0.6) is 5.75 Å². The van der Waals surface area contributed by atoms with Crippen molar-refractivity contribution in [3.05, 3.63) is 50.5 Å². The summed E-state index contributed by atoms with van der Waals surface area (Å²) in [5.74, 6) is -0.942. The molecule has 0 radical (unpaired) electrons. The van der Waals surface area contributed by atoms with Crippen LogP contribution in [-0.4, -0.2) is 20.9 Å². The first kappa shape index (κ1) is 13.9. The van der Waals surface area contributed by atoms with Crippen LogP contribution in [0.4, 0.5) is 5.69 Å². The SMILES string of the molecule is CC(NC(=O)c1ccc([N+](=O)[O-])cc1O)c1nccs1. The predicted octanol–water partition coefficient (Wildman–Crippen LogP) is 2.25. The maximum atomic E-state index is 12.0. The first-order valence-electron chi connectivity index (χ1n) is 5.66. The molecule has 0 spiro atoms. The summed E-state index contributed by atoms with van der Waals surface area (Å²) in [5.41, 5.74) is -0.286. The van der Waals surface area contributed by atoms with Crippen molar-refractivity contribution in [1.82, 2.24) is 10.3 Å². The van der Waals surface area contributed by atoms with Crippen molar-refractivity contribution in [2.75, 3.05) is 0 Å². The van der Waals surface area contributed by atoms with Crippen molar-refractivity contribution in [3.8, 4) is 5.75 Å². The molecule has 104 valence electrons. The second kappa shape index (κ2) is 5.66. The van der Waals surface area contributed by atoms with Crippen molar-refractivity contribution in [2.24, 2.45) is 0 Å². The average molecular weight is 293 g/mol. The number of aromatic nitrogens is 1. The Bertz CT molecular complexity index is 642. The normalized spacial score (nSPS) is 11.8. The molecule has 2 aromatic rings. The Labute approximate surface area is 118 Å². The summed E-state index contributed by atoms with van der Waals surface area (Å²) in [7, 11) is 0. The molecule has 0 saturated heterocycles. The van der Waals surface area contributed by atoms with E-state index in [0.717, 1.165) is 11.1 Å². The molecule has 0 fully saturated rings. The third-order valence-electron chi connectivity index (χ3n) is 2.61. The predicted molar refractivity (Wildman–Crippen MR) is 72.8 cm³/mol. The summed E-state index contributed by atoms with van der Waals surface area (Å²) in [6.07, 6.45) is 1.63. The summed E-state index contributed by atoms with van der Waals surface area (Å²) in [6, 6.07) is 3.03. The van der Waals surface area contributed by atoms with Gasteiger partial charge in [-0.3, -0.25) is 14.9 Å². The van der Waals surface area contributed by atoms with E-state index in [1.165, 1.54) is 23.5 Å². The van der Waals surface area contributed by atoms with E-state index < -0.39 is 16.6 Å². The van der Waals surface area contributed by atoms with E-state index in [4.69, 9.17) is 0 Å². The molecule has 1 aromatic heterocycles. The summed E-state index contributed by atoms with van der Waals surface area (Å²) in [5, 5.41) is 25.4. The molecule has 1 heterocycles. The molecule has 1 amide bonds. The number of hydrogen-bond acceptors (Lipinski definition) is 6. The second-order valence-corrected chi connectivity index (χ2v) is 4.95. The fraction of sp³-hybridized carbons (Fsp3) is 0.167. The molecule has 0 aliphatic heterocycles. The molecule has 0 aliphatic rings. The molecule has 0 saturated carbocycles. The number of thiazole rings is 1. The van der Waals surface area contributed by atoms with E-state index in [-0.39, 0.29) is 17.3 Å². The van der Waals surface area contributed by atoms with Gasteiger partial charge in [-0.2, -0.15) is 0 Å². The van der Waals surface area contributed by atoms with E-state index in [2.05, 4.69) is 10.3 Å². The number of nitrogens with one attached hydrogen (secondary N) is 1. The van der Waals surface area contributed by atoms with Gasteiger partial charge in [0.25, 0.3) is 11.6 Å². The van der Waals surface area contributed by atoms with Crippen LogP contribution in [0.15, 0.2) is 29.8 Å². The minimum Gasteiger partial charge on any atom is -0.507 e. The summed E-state index contributed by atoms with van der Waals surface area (Å²) >= 11 is 1.40. The highest BCUT2D eigenvalue weighted by atomic mass is 32.1. The smallest absolute Gasteiger partial charge is 0.273 e. The maximum absolute atomic E-state index is 12.0. The maximum Gasteiger partial charge on any atom is 0.273 e. The Morgan fingerprint density at radius 2 is 2.30 bits per heavy atom. The van der Waals surface area contributed by atoms with E-state index in [1.807, 2.05) is 0 Å². The van der Waals surface area contributed by atoms with Gasteiger partial charge in [0, 0.05) is 17.6 Å². The number of carbonyl (C=O) groups excluding carboxylic acids is 1. The zero-order valence-electron chi connectivity index (χ0n) is 10.4. The largest absolute Gasteiger partial charge is 0.507 e. The lowest BCUT2D eigenvalue weighted by molar-refractivity contribution is -0.384. The van der Waals surface area contributed by atoms with Gasteiger partial charge in [0.1, 0.15) is 10.8 Å². The van der Waals surface area contributed by atoms with Gasteiger partial charge in [-0.1, -0.05) is 0 Å². The quantitative estimate of drug-likeness (QED) is 0.664. The Kier molecular flexibility index (Phi) is 3.94. The molecule has 1 atom stereocenters. The number of nitro groups is 1. The summed E-state index contributed by atoms with van der Waals surface area (Å²) in [4.78, 5) is 26.0. The average Bonchev–Trinajstić information content (AvgIpc) is 2.92. The highest BCUT2D eigenvalue weighted by Gasteiger charge is 2.18. The van der Waals surface area contributed by atoms with Crippen molar-refractivity contribution in [1.29, 1.82) is 0 Å². The minimum atomic E-state index is -0.639. The molecule has 0 aliphatic carbocycles. The van der Waals surface area contributed by atoms with E-state index in [1.54, 1.807) is 18.5 Å². The number of hydrogen-bond donors (Lipinski definition) is 2. The third-order valence-corrected chi connectivity index (χ3v) is 3.56. The zero-order chi connectivity index (χ0) is 14.7. The number of benzene rings is 1. The lowest BCUT2D eigenvalue weighted by Gasteiger charge is -2.11. The van der Waals surface area contributed by atoms with Crippen molar-refractivity contribution >= 4 is 22.9 Å². The Morgan fingerprint density at radius 1 is 1.55 bits per heavy atom. The van der Waals surface area contributed by atoms with E-state index in [0.29, 0.717) is 0 Å². The van der Waals surface area contributed by atoms with Gasteiger partial charge in [0.2, 0.25) is 0 Å². The van der Waals surface area contributed by atoms with Crippen molar-refractivity contribution < 1.29 is 14.8 Å². The van der Waals surface area contributed by atoms with Crippen LogP contribution < -0.4 is 5.32 Å². The lowest BCUT2D eigenvalue weighted by atomic mass is 10.1. The molecule has 2 rings (SSSR count). The number of amides is 1. The van der Waals surface area contributed by atoms with Crippen LogP contribution in [0.2, 0.25) is 0 Å². The molecule has 1 aromatic carbocycles. The van der Waals surface area contributed by atoms with Crippen LogP contribution in [-0.2, 0) is 0 Å². The fourth-order valence-electron chi connectivity index (χ4n) is 1.61. The molecule has 8 heteroatoms. The summed E-state index contributed by atoms with van der Waals surface area (Å²) < 4.78 is 0. The standard InChI is InChI=1S/C12H11N3O4S/c1-7(12-13-4-5-20-12)14-11(17)9-3-2-8(15(18)19)6-10(9)16/h2-7,16H,1H3,(H,14,17). The lowest BCUT2D eigenvalue weighted by Crippen LogP contribution is -2.26. The molecule has 7 nitrogen and oxygen atoms in total. The number of aromatic hydroxyl groups is 1. The number of carbonyl (C=O) groups is 1. The molecule has 1 unspecified atom stereocenters. The zero-order valence-corrected chi connectivity index (χ0v) is 11.3. The molecule has 0 bridgehead atoms. The molecule has 2 N–H and O–H groups in total. The van der Waals surface area contributed by atoms with Gasteiger partial charge in [-0.15, -0.1) is 11.3 Å². The van der Waals surface area contributed by atoms with Crippen LogP contribution >= 0.6 is 11.3 Å². The molecular weight excluding hydrogens is 282 g/mol. The number of phenolic OH excluding ortho intramolecular Hbond substituents is 1. The van der Waals surface area contributed by atoms with Gasteiger partial charge in [0.05, 0.1) is 22.6 Å². The highest BCUT2D eigenvalue weighted by Crippen LogP contribution is 2.24. The Morgan fingerprint density at radius 3 is 2.85 bits per heavy atom. The minimum absolute atomic E-state index is 0.0148. The number of nitrogens with zero attached hydrogens (tertiary/aromatic N) is 2. The van der Waals surface area contributed by atoms with Gasteiger partial charge in [0.15, 0.2) is 0 Å². The number of rotatable bonds is 4. The number of nitro benzene ring substituents is 1. The van der Waals surface area contributed by atoms with Gasteiger partial charge in [-0.05, 0) is 13.0 Å². The number of phenols is 1. The fourth-order valence-corrected chi connectivity index (χ4v) is 2.26. The Hall–Kier alpha value is -2.48. The van der Waals surface area contributed by atoms with Crippen LogP contribution in [0.3, 0.4) is 0 Å². The highest BCUT2D eigenvalue weighted by molar-refractivity contribution is 7.09. The molecular formula is C12H11N3O4S. The van der Waals surface area contributed by atoms with E-state index >= 15 is 0 Å². The Balaban J connectivity index is 2.15. The van der Waals surface area contributed by atoms with Gasteiger partial charge in [-0.25, -0.2) is 4.98 Å². The third kappa shape index (κ3) is 2.91. The van der Waals surface area contributed by atoms with Crippen LogP contribution in [0.25, 0.3) is 0 Å². The van der Waals surface area contributed by atoms with Crippen LogP contribution in [0.1, 0.15) is 28.3 Å². The summed E-state index contributed by atoms with van der Waals surface area (Å²) in [6.45, 7) is 1.76.